The van der Waals surface area contributed by atoms with Gasteiger partial charge in [0.15, 0.2) is 0 Å². The lowest BCUT2D eigenvalue weighted by Crippen LogP contribution is -2.46. The maximum Gasteiger partial charge on any atom is 0.255 e. The summed E-state index contributed by atoms with van der Waals surface area (Å²) in [6, 6.07) is 22.0. The number of nitrogens with zero attached hydrogens (tertiary/aromatic N) is 2. The van der Waals surface area contributed by atoms with Gasteiger partial charge < -0.3 is 10.2 Å². The number of hydrogen-bond donors (Lipinski definition) is 1. The average molecular weight is 428 g/mol. The largest absolute Gasteiger partial charge is 0.351 e. The van der Waals surface area contributed by atoms with E-state index < -0.39 is 6.04 Å². The topological polar surface area (TPSA) is 62.3 Å². The minimum Gasteiger partial charge on any atom is -0.351 e. The van der Waals surface area contributed by atoms with Crippen LogP contribution in [0.1, 0.15) is 59.6 Å². The molecule has 1 unspecified atom stereocenters. The molecule has 32 heavy (non-hydrogen) atoms. The highest BCUT2D eigenvalue weighted by Gasteiger charge is 2.33. The van der Waals surface area contributed by atoms with Crippen molar-refractivity contribution >= 4 is 11.8 Å². The van der Waals surface area contributed by atoms with Crippen LogP contribution in [-0.2, 0) is 11.3 Å². The Bertz CT molecular complexity index is 1000. The van der Waals surface area contributed by atoms with E-state index in [1.54, 1.807) is 29.4 Å². The van der Waals surface area contributed by atoms with Gasteiger partial charge in [0.25, 0.3) is 5.91 Å². The van der Waals surface area contributed by atoms with Crippen LogP contribution in [-0.4, -0.2) is 27.7 Å². The lowest BCUT2D eigenvalue weighted by atomic mass is 9.94. The van der Waals surface area contributed by atoms with Crippen molar-refractivity contribution < 1.29 is 9.59 Å². The molecule has 1 atom stereocenters. The third-order valence-corrected chi connectivity index (χ3v) is 6.01. The fraction of sp³-hybridized carbons (Fsp3) is 0.296. The van der Waals surface area contributed by atoms with E-state index in [1.807, 2.05) is 60.7 Å². The second kappa shape index (κ2) is 10.7. The Morgan fingerprint density at radius 3 is 2.16 bits per heavy atom. The standard InChI is InChI=1S/C27H29N3O2/c31-26(29-24-14-8-3-9-15-24)25(22-16-18-28-19-17-22)30(20-21-10-4-1-5-11-21)27(32)23-12-6-2-7-13-23/h1-2,4-7,10-13,16-19,24-25H,3,8-9,14-15,20H2,(H,29,31). The number of carbonyl (C=O) groups is 2. The summed E-state index contributed by atoms with van der Waals surface area (Å²) in [5.74, 6) is -0.307. The molecule has 1 heterocycles. The van der Waals surface area contributed by atoms with E-state index in [0.717, 1.165) is 36.8 Å². The van der Waals surface area contributed by atoms with Crippen molar-refractivity contribution in [2.45, 2.75) is 50.7 Å². The van der Waals surface area contributed by atoms with Gasteiger partial charge >= 0.3 is 0 Å². The van der Waals surface area contributed by atoms with Gasteiger partial charge in [-0.3, -0.25) is 14.6 Å². The first-order valence-corrected chi connectivity index (χ1v) is 11.3. The van der Waals surface area contributed by atoms with Crippen molar-refractivity contribution in [3.05, 3.63) is 102 Å². The van der Waals surface area contributed by atoms with Crippen molar-refractivity contribution in [2.24, 2.45) is 0 Å². The first-order chi connectivity index (χ1) is 15.7. The van der Waals surface area contributed by atoms with Gasteiger partial charge in [-0.2, -0.15) is 0 Å². The third kappa shape index (κ3) is 5.41. The van der Waals surface area contributed by atoms with Gasteiger partial charge in [-0.15, -0.1) is 0 Å². The second-order valence-electron chi connectivity index (χ2n) is 8.31. The molecule has 1 fully saturated rings. The van der Waals surface area contributed by atoms with Crippen molar-refractivity contribution in [3.63, 3.8) is 0 Å². The lowest BCUT2D eigenvalue weighted by Gasteiger charge is -2.33. The number of hydrogen-bond acceptors (Lipinski definition) is 3. The number of nitrogens with one attached hydrogen (secondary N) is 1. The van der Waals surface area contributed by atoms with E-state index in [-0.39, 0.29) is 17.9 Å². The Labute approximate surface area is 189 Å². The van der Waals surface area contributed by atoms with Crippen LogP contribution in [0, 0.1) is 0 Å². The highest BCUT2D eigenvalue weighted by molar-refractivity contribution is 5.98. The first-order valence-electron chi connectivity index (χ1n) is 11.3. The highest BCUT2D eigenvalue weighted by Crippen LogP contribution is 2.27. The summed E-state index contributed by atoms with van der Waals surface area (Å²) in [5, 5.41) is 3.24. The Morgan fingerprint density at radius 2 is 1.50 bits per heavy atom. The molecule has 0 bridgehead atoms. The summed E-state index contributed by atoms with van der Waals surface area (Å²) in [7, 11) is 0. The van der Waals surface area contributed by atoms with Crippen LogP contribution in [0.3, 0.4) is 0 Å². The highest BCUT2D eigenvalue weighted by atomic mass is 16.2. The number of aromatic nitrogens is 1. The normalized spacial score (nSPS) is 15.0. The van der Waals surface area contributed by atoms with Crippen LogP contribution in [0.25, 0.3) is 0 Å². The van der Waals surface area contributed by atoms with Crippen molar-refractivity contribution in [1.82, 2.24) is 15.2 Å². The van der Waals surface area contributed by atoms with E-state index in [9.17, 15) is 9.59 Å². The maximum absolute atomic E-state index is 13.7. The molecule has 0 spiro atoms. The van der Waals surface area contributed by atoms with Gasteiger partial charge in [0.05, 0.1) is 0 Å². The van der Waals surface area contributed by atoms with Crippen molar-refractivity contribution in [2.75, 3.05) is 0 Å². The Hall–Kier alpha value is -3.47. The van der Waals surface area contributed by atoms with Crippen LogP contribution in [0.2, 0.25) is 0 Å². The summed E-state index contributed by atoms with van der Waals surface area (Å²) in [6.45, 7) is 0.333. The molecule has 2 amide bonds. The molecule has 1 aromatic heterocycles. The van der Waals surface area contributed by atoms with Crippen LogP contribution in [0.5, 0.6) is 0 Å². The number of rotatable bonds is 7. The molecule has 5 nitrogen and oxygen atoms in total. The predicted octanol–water partition coefficient (Wildman–Crippen LogP) is 4.91. The zero-order chi connectivity index (χ0) is 22.2. The molecule has 0 radical (unpaired) electrons. The van der Waals surface area contributed by atoms with Gasteiger partial charge in [0.2, 0.25) is 5.91 Å². The number of amides is 2. The molecule has 0 aliphatic heterocycles. The van der Waals surface area contributed by atoms with Gasteiger partial charge in [0, 0.05) is 30.5 Å². The molecule has 164 valence electrons. The van der Waals surface area contributed by atoms with Crippen LogP contribution >= 0.6 is 0 Å². The fourth-order valence-electron chi connectivity index (χ4n) is 4.35. The van der Waals surface area contributed by atoms with E-state index in [2.05, 4.69) is 10.3 Å². The van der Waals surface area contributed by atoms with Gasteiger partial charge in [-0.05, 0) is 48.2 Å². The zero-order valence-electron chi connectivity index (χ0n) is 18.2. The average Bonchev–Trinajstić information content (AvgIpc) is 2.86. The van der Waals surface area contributed by atoms with E-state index in [1.165, 1.54) is 6.42 Å². The number of pyridine rings is 1. The Balaban J connectivity index is 1.71. The van der Waals surface area contributed by atoms with E-state index in [0.29, 0.717) is 12.1 Å². The molecule has 1 aliphatic rings. The van der Waals surface area contributed by atoms with Crippen LogP contribution < -0.4 is 5.32 Å². The molecular weight excluding hydrogens is 398 g/mol. The molecular formula is C27H29N3O2. The number of benzene rings is 2. The molecule has 2 aromatic carbocycles. The van der Waals surface area contributed by atoms with E-state index in [4.69, 9.17) is 0 Å². The summed E-state index contributed by atoms with van der Waals surface area (Å²) in [6.07, 6.45) is 8.78. The smallest absolute Gasteiger partial charge is 0.255 e. The number of carbonyl (C=O) groups excluding carboxylic acids is 2. The summed E-state index contributed by atoms with van der Waals surface area (Å²) in [5.41, 5.74) is 2.29. The predicted molar refractivity (Wildman–Crippen MR) is 125 cm³/mol. The third-order valence-electron chi connectivity index (χ3n) is 6.01. The fourth-order valence-corrected chi connectivity index (χ4v) is 4.35. The monoisotopic (exact) mass is 427 g/mol. The van der Waals surface area contributed by atoms with Gasteiger partial charge in [0.1, 0.15) is 6.04 Å². The summed E-state index contributed by atoms with van der Waals surface area (Å²) in [4.78, 5) is 33.1. The maximum atomic E-state index is 13.7. The summed E-state index contributed by atoms with van der Waals surface area (Å²) < 4.78 is 0. The minimum absolute atomic E-state index is 0.136. The molecule has 1 saturated carbocycles. The minimum atomic E-state index is -0.743. The molecule has 4 rings (SSSR count). The molecule has 0 saturated heterocycles. The Kier molecular flexibility index (Phi) is 7.28. The lowest BCUT2D eigenvalue weighted by molar-refractivity contribution is -0.127. The Morgan fingerprint density at radius 1 is 0.875 bits per heavy atom. The first kappa shape index (κ1) is 21.8. The summed E-state index contributed by atoms with van der Waals surface area (Å²) >= 11 is 0. The molecule has 3 aromatic rings. The molecule has 1 N–H and O–H groups in total. The van der Waals surface area contributed by atoms with Crippen LogP contribution in [0.4, 0.5) is 0 Å². The van der Waals surface area contributed by atoms with Crippen LogP contribution in [0.15, 0.2) is 85.2 Å². The SMILES string of the molecule is O=C(NC1CCCCC1)C(c1ccncc1)N(Cc1ccccc1)C(=O)c1ccccc1. The van der Waals surface area contributed by atoms with E-state index >= 15 is 0 Å². The zero-order valence-corrected chi connectivity index (χ0v) is 18.2. The van der Waals surface area contributed by atoms with Crippen molar-refractivity contribution in [3.8, 4) is 0 Å². The second-order valence-corrected chi connectivity index (χ2v) is 8.31. The quantitative estimate of drug-likeness (QED) is 0.582. The van der Waals surface area contributed by atoms with Gasteiger partial charge in [-0.1, -0.05) is 67.8 Å². The molecule has 1 aliphatic carbocycles. The molecule has 5 heteroatoms. The van der Waals surface area contributed by atoms with Crippen molar-refractivity contribution in [1.29, 1.82) is 0 Å². The van der Waals surface area contributed by atoms with Gasteiger partial charge in [-0.25, -0.2) is 0 Å².